The van der Waals surface area contributed by atoms with Crippen molar-refractivity contribution in [1.82, 2.24) is 15.2 Å². The maximum absolute atomic E-state index is 5.96. The van der Waals surface area contributed by atoms with E-state index in [0.717, 1.165) is 37.9 Å². The summed E-state index contributed by atoms with van der Waals surface area (Å²) in [4.78, 5) is 7.70. The Morgan fingerprint density at radius 1 is 0.903 bits per heavy atom. The molecule has 3 aliphatic rings. The summed E-state index contributed by atoms with van der Waals surface area (Å²) >= 11 is 0. The third-order valence-electron chi connectivity index (χ3n) is 8.02. The summed E-state index contributed by atoms with van der Waals surface area (Å²) < 4.78 is 0. The molecule has 166 valence electrons. The number of hydrogen-bond donors (Lipinski definition) is 2. The third kappa shape index (κ3) is 4.87. The van der Waals surface area contributed by atoms with Gasteiger partial charge in [-0.1, -0.05) is 30.3 Å². The molecular formula is C27H38N4. The first-order valence-electron chi connectivity index (χ1n) is 12.5. The van der Waals surface area contributed by atoms with Gasteiger partial charge in [-0.15, -0.1) is 0 Å². The van der Waals surface area contributed by atoms with Crippen molar-refractivity contribution < 1.29 is 0 Å². The topological polar surface area (TPSA) is 54.2 Å². The zero-order valence-corrected chi connectivity index (χ0v) is 18.8. The second-order valence-corrected chi connectivity index (χ2v) is 10.1. The average molecular weight is 419 g/mol. The number of nitrogens with two attached hydrogens (primary N) is 1. The van der Waals surface area contributed by atoms with Gasteiger partial charge < -0.3 is 11.1 Å². The highest BCUT2D eigenvalue weighted by Gasteiger charge is 2.32. The highest BCUT2D eigenvalue weighted by Crippen LogP contribution is 2.36. The number of aromatic nitrogens is 1. The van der Waals surface area contributed by atoms with E-state index in [1.807, 2.05) is 6.20 Å². The largest absolute Gasteiger partial charge is 0.330 e. The molecule has 4 nitrogen and oxygen atoms in total. The van der Waals surface area contributed by atoms with Crippen LogP contribution in [0.3, 0.4) is 0 Å². The van der Waals surface area contributed by atoms with E-state index in [1.165, 1.54) is 73.9 Å². The number of rotatable bonds is 6. The van der Waals surface area contributed by atoms with Crippen LogP contribution in [0.25, 0.3) is 0 Å². The Bertz CT molecular complexity index is 858. The molecule has 0 radical (unpaired) electrons. The molecule has 0 spiro atoms. The fourth-order valence-electron chi connectivity index (χ4n) is 6.18. The lowest BCUT2D eigenvalue weighted by Gasteiger charge is -2.41. The lowest BCUT2D eigenvalue weighted by molar-refractivity contribution is 0.111. The van der Waals surface area contributed by atoms with Crippen LogP contribution in [0.1, 0.15) is 67.0 Å². The maximum atomic E-state index is 5.96. The van der Waals surface area contributed by atoms with E-state index in [4.69, 9.17) is 10.7 Å². The van der Waals surface area contributed by atoms with Crippen LogP contribution in [0.5, 0.6) is 0 Å². The monoisotopic (exact) mass is 418 g/mol. The smallest absolute Gasteiger partial charge is 0.0607 e. The van der Waals surface area contributed by atoms with E-state index in [-0.39, 0.29) is 0 Å². The molecule has 0 amide bonds. The van der Waals surface area contributed by atoms with Gasteiger partial charge in [0.1, 0.15) is 0 Å². The summed E-state index contributed by atoms with van der Waals surface area (Å²) in [6.07, 6.45) is 12.1. The Morgan fingerprint density at radius 2 is 1.68 bits per heavy atom. The van der Waals surface area contributed by atoms with Gasteiger partial charge in [0.25, 0.3) is 0 Å². The molecular weight excluding hydrogens is 380 g/mol. The van der Waals surface area contributed by atoms with Crippen LogP contribution in [-0.2, 0) is 19.4 Å². The maximum Gasteiger partial charge on any atom is 0.0607 e. The molecule has 1 aliphatic heterocycles. The number of nitrogens with zero attached hydrogens (tertiary/aromatic N) is 2. The van der Waals surface area contributed by atoms with E-state index >= 15 is 0 Å². The Balaban J connectivity index is 1.34. The molecule has 0 saturated heterocycles. The van der Waals surface area contributed by atoms with Crippen molar-refractivity contribution in [3.8, 4) is 0 Å². The molecule has 1 saturated carbocycles. The van der Waals surface area contributed by atoms with Gasteiger partial charge in [-0.05, 0) is 92.5 Å². The van der Waals surface area contributed by atoms with Crippen LogP contribution in [0.2, 0.25) is 0 Å². The first-order chi connectivity index (χ1) is 15.3. The molecule has 0 unspecified atom stereocenters. The number of fused-ring (bicyclic) bond motifs is 2. The van der Waals surface area contributed by atoms with E-state index in [9.17, 15) is 0 Å². The minimum atomic E-state index is 0.469. The number of nitrogens with one attached hydrogen (secondary N) is 1. The van der Waals surface area contributed by atoms with Crippen molar-refractivity contribution >= 4 is 0 Å². The van der Waals surface area contributed by atoms with Crippen LogP contribution in [0.15, 0.2) is 42.6 Å². The Hall–Kier alpha value is -1.75. The summed E-state index contributed by atoms with van der Waals surface area (Å²) in [7, 11) is 0. The molecule has 2 aliphatic carbocycles. The summed E-state index contributed by atoms with van der Waals surface area (Å²) in [5.41, 5.74) is 11.8. The van der Waals surface area contributed by atoms with Crippen LogP contribution < -0.4 is 11.1 Å². The Labute approximate surface area is 187 Å². The van der Waals surface area contributed by atoms with Crippen LogP contribution >= 0.6 is 0 Å². The summed E-state index contributed by atoms with van der Waals surface area (Å²) in [6, 6.07) is 14.3. The van der Waals surface area contributed by atoms with Gasteiger partial charge in [0.15, 0.2) is 0 Å². The zero-order chi connectivity index (χ0) is 21.0. The number of pyridine rings is 1. The predicted molar refractivity (Wildman–Crippen MR) is 127 cm³/mol. The van der Waals surface area contributed by atoms with E-state index in [0.29, 0.717) is 12.1 Å². The molecule has 2 atom stereocenters. The second kappa shape index (κ2) is 9.81. The van der Waals surface area contributed by atoms with Crippen molar-refractivity contribution in [3.63, 3.8) is 0 Å². The first-order valence-corrected chi connectivity index (χ1v) is 12.5. The van der Waals surface area contributed by atoms with Gasteiger partial charge in [-0.2, -0.15) is 0 Å². The fraction of sp³-hybridized carbons (Fsp3) is 0.593. The summed E-state index contributed by atoms with van der Waals surface area (Å²) in [5.74, 6) is 1.55. The highest BCUT2D eigenvalue weighted by molar-refractivity contribution is 5.30. The molecule has 31 heavy (non-hydrogen) atoms. The van der Waals surface area contributed by atoms with Gasteiger partial charge >= 0.3 is 0 Å². The molecule has 0 bridgehead atoms. The van der Waals surface area contributed by atoms with Crippen molar-refractivity contribution in [2.24, 2.45) is 17.6 Å². The standard InChI is InChI=1S/C27H38N4/c28-16-20-10-12-21(13-11-20)18-31(26-9-3-7-22-8-4-14-29-27(22)26)19-25-15-23-5-1-2-6-24(23)17-30-25/h1-2,4-6,8,14,20-21,25-26,30H,3,7,9-13,15-19,28H2/t20-,21+,25-,26+/m1/s1. The molecule has 2 aromatic rings. The SMILES string of the molecule is NC[C@H]1CC[C@@H](CN(C[C@H]2Cc3ccccc3CN2)[C@H]2CCCc3cccnc32)CC1. The fourth-order valence-corrected chi connectivity index (χ4v) is 6.18. The van der Waals surface area contributed by atoms with E-state index in [2.05, 4.69) is 46.6 Å². The van der Waals surface area contributed by atoms with Gasteiger partial charge in [-0.25, -0.2) is 0 Å². The Morgan fingerprint density at radius 3 is 2.52 bits per heavy atom. The van der Waals surface area contributed by atoms with E-state index in [1.54, 1.807) is 0 Å². The summed E-state index contributed by atoms with van der Waals surface area (Å²) in [5, 5.41) is 3.84. The molecule has 5 rings (SSSR count). The van der Waals surface area contributed by atoms with Gasteiger partial charge in [0.05, 0.1) is 11.7 Å². The van der Waals surface area contributed by atoms with Gasteiger partial charge in [0.2, 0.25) is 0 Å². The number of benzene rings is 1. The van der Waals surface area contributed by atoms with Crippen molar-refractivity contribution in [1.29, 1.82) is 0 Å². The third-order valence-corrected chi connectivity index (χ3v) is 8.02. The highest BCUT2D eigenvalue weighted by atomic mass is 15.2. The second-order valence-electron chi connectivity index (χ2n) is 10.1. The lowest BCUT2D eigenvalue weighted by atomic mass is 9.81. The van der Waals surface area contributed by atoms with Gasteiger partial charge in [-0.3, -0.25) is 9.88 Å². The number of aryl methyl sites for hydroxylation is 1. The van der Waals surface area contributed by atoms with Gasteiger partial charge in [0, 0.05) is 31.9 Å². The Kier molecular flexibility index (Phi) is 6.68. The van der Waals surface area contributed by atoms with Crippen molar-refractivity contribution in [2.75, 3.05) is 19.6 Å². The normalized spacial score (nSPS) is 28.2. The van der Waals surface area contributed by atoms with Crippen molar-refractivity contribution in [2.45, 2.75) is 70.0 Å². The average Bonchev–Trinajstić information content (AvgIpc) is 2.83. The minimum absolute atomic E-state index is 0.469. The molecule has 1 aromatic carbocycles. The molecule has 2 heterocycles. The first kappa shape index (κ1) is 21.1. The predicted octanol–water partition coefficient (Wildman–Crippen LogP) is 4.24. The molecule has 1 fully saturated rings. The van der Waals surface area contributed by atoms with Crippen LogP contribution in [-0.4, -0.2) is 35.6 Å². The quantitative estimate of drug-likeness (QED) is 0.737. The zero-order valence-electron chi connectivity index (χ0n) is 18.8. The molecule has 3 N–H and O–H groups in total. The number of hydrogen-bond acceptors (Lipinski definition) is 4. The van der Waals surface area contributed by atoms with Crippen LogP contribution in [0.4, 0.5) is 0 Å². The van der Waals surface area contributed by atoms with Crippen LogP contribution in [0, 0.1) is 11.8 Å². The molecule has 1 aromatic heterocycles. The summed E-state index contributed by atoms with van der Waals surface area (Å²) in [6.45, 7) is 4.18. The molecule has 4 heteroatoms. The lowest BCUT2D eigenvalue weighted by Crippen LogP contribution is -2.48. The van der Waals surface area contributed by atoms with Crippen molar-refractivity contribution in [3.05, 3.63) is 65.0 Å². The van der Waals surface area contributed by atoms with E-state index < -0.39 is 0 Å². The minimum Gasteiger partial charge on any atom is -0.330 e.